The Morgan fingerprint density at radius 3 is 1.65 bits per heavy atom. The van der Waals surface area contributed by atoms with E-state index in [9.17, 15) is 0 Å². The second-order valence-corrected chi connectivity index (χ2v) is 16.6. The Balaban J connectivity index is 1.19. The zero-order chi connectivity index (χ0) is 40.5. The first kappa shape index (κ1) is 33.5. The summed E-state index contributed by atoms with van der Waals surface area (Å²) >= 11 is 0. The van der Waals surface area contributed by atoms with Crippen molar-refractivity contribution < 1.29 is 0 Å². The molecule has 3 heterocycles. The van der Waals surface area contributed by atoms with Crippen molar-refractivity contribution in [2.45, 2.75) is 0 Å². The molecule has 0 atom stereocenters. The third-order valence-electron chi connectivity index (χ3n) is 13.4. The highest BCUT2D eigenvalue weighted by molar-refractivity contribution is 6.36. The first-order valence-electron chi connectivity index (χ1n) is 21.4. The van der Waals surface area contributed by atoms with Gasteiger partial charge in [-0.1, -0.05) is 176 Å². The summed E-state index contributed by atoms with van der Waals surface area (Å²) in [6, 6.07) is 78.0. The van der Waals surface area contributed by atoms with Crippen LogP contribution < -0.4 is 0 Å². The molecule has 0 amide bonds. The molecule has 14 rings (SSSR count). The van der Waals surface area contributed by atoms with Crippen LogP contribution in [0.15, 0.2) is 212 Å². The van der Waals surface area contributed by atoms with Gasteiger partial charge < -0.3 is 4.57 Å². The minimum absolute atomic E-state index is 0.913. The molecule has 3 nitrogen and oxygen atoms in total. The minimum Gasteiger partial charge on any atom is -0.309 e. The Morgan fingerprint density at radius 1 is 0.306 bits per heavy atom. The molecule has 0 spiro atoms. The SMILES string of the molecule is c1ccc(-n2c3ccccc3c3ccc(-c4cc5ccc6ccccc6c5nc4-n4c5ccc6c7ccccc7c7ccccc7c6c5c5ccc6ccccc6c54)cc32)cc1. The molecule has 0 fully saturated rings. The number of pyridine rings is 1. The second kappa shape index (κ2) is 12.6. The molecule has 0 aliphatic heterocycles. The first-order valence-corrected chi connectivity index (χ1v) is 21.4. The van der Waals surface area contributed by atoms with Crippen LogP contribution in [0.4, 0.5) is 0 Å². The van der Waals surface area contributed by atoms with Gasteiger partial charge in [0, 0.05) is 54.3 Å². The van der Waals surface area contributed by atoms with Crippen molar-refractivity contribution in [3.05, 3.63) is 212 Å². The lowest BCUT2D eigenvalue weighted by Crippen LogP contribution is -2.02. The molecule has 11 aromatic carbocycles. The van der Waals surface area contributed by atoms with E-state index in [-0.39, 0.29) is 0 Å². The topological polar surface area (TPSA) is 22.8 Å². The molecule has 62 heavy (non-hydrogen) atoms. The van der Waals surface area contributed by atoms with Crippen LogP contribution in [0, 0.1) is 0 Å². The van der Waals surface area contributed by atoms with Crippen molar-refractivity contribution in [2.75, 3.05) is 0 Å². The average Bonchev–Trinajstić information content (AvgIpc) is 3.86. The summed E-state index contributed by atoms with van der Waals surface area (Å²) in [5.74, 6) is 0.913. The molecule has 0 radical (unpaired) electrons. The van der Waals surface area contributed by atoms with Gasteiger partial charge >= 0.3 is 0 Å². The summed E-state index contributed by atoms with van der Waals surface area (Å²) in [5.41, 5.74) is 8.98. The monoisotopic (exact) mass is 785 g/mol. The molecule has 0 aliphatic carbocycles. The van der Waals surface area contributed by atoms with E-state index < -0.39 is 0 Å². The largest absolute Gasteiger partial charge is 0.309 e. The summed E-state index contributed by atoms with van der Waals surface area (Å²) in [5, 5.41) is 18.4. The Bertz CT molecular complexity index is 4170. The van der Waals surface area contributed by atoms with E-state index in [1.807, 2.05) is 0 Å². The van der Waals surface area contributed by atoms with E-state index in [2.05, 4.69) is 221 Å². The standard InChI is InChI=1S/C59H35N3/c1-2-16-40(17-3-1)61-52-25-13-12-23-46(52)47-30-29-38(35-54(47)61)51-34-39-27-26-36-14-4-6-18-41(36)57(39)60-59(51)62-53-33-32-49-45-22-9-8-20-43(45)44-21-10-11-24-48(44)55(49)56(53)50-31-28-37-15-5-7-19-42(37)58(50)62/h1-35H. The van der Waals surface area contributed by atoms with Crippen LogP contribution in [0.2, 0.25) is 0 Å². The number of hydrogen-bond acceptors (Lipinski definition) is 1. The van der Waals surface area contributed by atoms with Crippen molar-refractivity contribution >= 4 is 108 Å². The molecule has 0 bridgehead atoms. The van der Waals surface area contributed by atoms with Crippen LogP contribution >= 0.6 is 0 Å². The smallest absolute Gasteiger partial charge is 0.146 e. The van der Waals surface area contributed by atoms with E-state index in [0.717, 1.165) is 55.5 Å². The summed E-state index contributed by atoms with van der Waals surface area (Å²) in [7, 11) is 0. The molecule has 0 unspecified atom stereocenters. The van der Waals surface area contributed by atoms with Gasteiger partial charge in [-0.25, -0.2) is 4.98 Å². The molecule has 14 aromatic rings. The number of rotatable bonds is 3. The average molecular weight is 786 g/mol. The molecular weight excluding hydrogens is 751 g/mol. The predicted octanol–water partition coefficient (Wildman–Crippen LogP) is 15.9. The second-order valence-electron chi connectivity index (χ2n) is 16.6. The number of nitrogens with zero attached hydrogens (tertiary/aromatic N) is 3. The highest BCUT2D eigenvalue weighted by atomic mass is 15.1. The van der Waals surface area contributed by atoms with Crippen LogP contribution in [0.3, 0.4) is 0 Å². The lowest BCUT2D eigenvalue weighted by molar-refractivity contribution is 1.11. The third-order valence-corrected chi connectivity index (χ3v) is 13.4. The summed E-state index contributed by atoms with van der Waals surface area (Å²) < 4.78 is 4.90. The van der Waals surface area contributed by atoms with Gasteiger partial charge in [0.2, 0.25) is 0 Å². The van der Waals surface area contributed by atoms with Crippen molar-refractivity contribution in [1.82, 2.24) is 14.1 Å². The van der Waals surface area contributed by atoms with Crippen molar-refractivity contribution in [2.24, 2.45) is 0 Å². The minimum atomic E-state index is 0.913. The maximum atomic E-state index is 5.88. The van der Waals surface area contributed by atoms with Gasteiger partial charge in [0.05, 0.1) is 27.6 Å². The zero-order valence-corrected chi connectivity index (χ0v) is 33.5. The Hall–Kier alpha value is -8.27. The Morgan fingerprint density at radius 2 is 0.855 bits per heavy atom. The summed E-state index contributed by atoms with van der Waals surface area (Å²) in [6.07, 6.45) is 0. The molecule has 0 saturated heterocycles. The van der Waals surface area contributed by atoms with Crippen molar-refractivity contribution in [3.8, 4) is 22.6 Å². The lowest BCUT2D eigenvalue weighted by atomic mass is 9.91. The van der Waals surface area contributed by atoms with Crippen LogP contribution in [0.1, 0.15) is 0 Å². The van der Waals surface area contributed by atoms with Crippen molar-refractivity contribution in [1.29, 1.82) is 0 Å². The van der Waals surface area contributed by atoms with Gasteiger partial charge in [-0.05, 0) is 79.7 Å². The van der Waals surface area contributed by atoms with Gasteiger partial charge in [0.1, 0.15) is 5.82 Å². The lowest BCUT2D eigenvalue weighted by Gasteiger charge is -2.17. The molecule has 0 saturated carbocycles. The maximum Gasteiger partial charge on any atom is 0.146 e. The predicted molar refractivity (Wildman–Crippen MR) is 263 cm³/mol. The number of para-hydroxylation sites is 2. The van der Waals surface area contributed by atoms with Gasteiger partial charge in [-0.15, -0.1) is 0 Å². The fourth-order valence-electron chi connectivity index (χ4n) is 10.8. The number of hydrogen-bond donors (Lipinski definition) is 0. The molecule has 0 N–H and O–H groups in total. The van der Waals surface area contributed by atoms with Crippen molar-refractivity contribution in [3.63, 3.8) is 0 Å². The quantitative estimate of drug-likeness (QED) is 0.164. The van der Waals surface area contributed by atoms with E-state index in [0.29, 0.717) is 0 Å². The fraction of sp³-hybridized carbons (Fsp3) is 0. The fourth-order valence-corrected chi connectivity index (χ4v) is 10.8. The molecule has 3 heteroatoms. The van der Waals surface area contributed by atoms with Crippen LogP contribution in [0.5, 0.6) is 0 Å². The Kier molecular flexibility index (Phi) is 6.83. The molecule has 3 aromatic heterocycles. The van der Waals surface area contributed by atoms with Crippen LogP contribution in [-0.4, -0.2) is 14.1 Å². The van der Waals surface area contributed by atoms with E-state index >= 15 is 0 Å². The van der Waals surface area contributed by atoms with Crippen LogP contribution in [-0.2, 0) is 0 Å². The van der Waals surface area contributed by atoms with E-state index in [1.54, 1.807) is 0 Å². The summed E-state index contributed by atoms with van der Waals surface area (Å²) in [4.78, 5) is 5.88. The van der Waals surface area contributed by atoms with Gasteiger partial charge in [0.15, 0.2) is 0 Å². The normalized spacial score (nSPS) is 12.2. The highest BCUT2D eigenvalue weighted by Crippen LogP contribution is 2.47. The van der Waals surface area contributed by atoms with Gasteiger partial charge in [0.25, 0.3) is 0 Å². The van der Waals surface area contributed by atoms with Gasteiger partial charge in [-0.2, -0.15) is 0 Å². The third kappa shape index (κ3) is 4.57. The number of fused-ring (bicyclic) bond motifs is 18. The van der Waals surface area contributed by atoms with E-state index in [1.165, 1.54) is 75.5 Å². The maximum absolute atomic E-state index is 5.88. The number of benzene rings is 11. The number of aromatic nitrogens is 3. The molecular formula is C59H35N3. The van der Waals surface area contributed by atoms with E-state index in [4.69, 9.17) is 4.98 Å². The molecule has 0 aliphatic rings. The Labute approximate surface area is 355 Å². The molecule has 286 valence electrons. The zero-order valence-electron chi connectivity index (χ0n) is 33.5. The highest BCUT2D eigenvalue weighted by Gasteiger charge is 2.24. The van der Waals surface area contributed by atoms with Crippen LogP contribution in [0.25, 0.3) is 131 Å². The first-order chi connectivity index (χ1) is 30.8. The summed E-state index contributed by atoms with van der Waals surface area (Å²) in [6.45, 7) is 0. The van der Waals surface area contributed by atoms with Gasteiger partial charge in [-0.3, -0.25) is 4.57 Å².